The Labute approximate surface area is 175 Å². The number of hydrogen-bond donors (Lipinski definition) is 0. The number of methoxy groups -OCH3 is 1. The first kappa shape index (κ1) is 20.1. The Balaban J connectivity index is 1.49. The number of hydrogen-bond acceptors (Lipinski definition) is 5. The van der Waals surface area contributed by atoms with Gasteiger partial charge in [0, 0.05) is 44.5 Å². The number of benzene rings is 2. The van der Waals surface area contributed by atoms with Crippen molar-refractivity contribution in [3.05, 3.63) is 42.0 Å². The molecule has 2 aromatic rings. The van der Waals surface area contributed by atoms with Crippen molar-refractivity contribution in [2.24, 2.45) is 11.0 Å². The molecule has 0 unspecified atom stereocenters. The van der Waals surface area contributed by atoms with Crippen LogP contribution in [0.5, 0.6) is 5.75 Å². The molecule has 1 atom stereocenters. The first-order valence-corrected chi connectivity index (χ1v) is 10.2. The van der Waals surface area contributed by atoms with Crippen LogP contribution in [0.15, 0.2) is 41.5 Å². The fourth-order valence-electron chi connectivity index (χ4n) is 4.12. The summed E-state index contributed by atoms with van der Waals surface area (Å²) in [6, 6.07) is 11.4. The minimum absolute atomic E-state index is 0.0584. The smallest absolute Gasteiger partial charge is 0.270 e. The predicted octanol–water partition coefficient (Wildman–Crippen LogP) is 2.88. The molecule has 2 amide bonds. The van der Waals surface area contributed by atoms with Crippen molar-refractivity contribution >= 4 is 34.1 Å². The summed E-state index contributed by atoms with van der Waals surface area (Å²) in [5, 5.41) is 7.35. The molecule has 2 aliphatic rings. The number of nitrogens with zero attached hydrogens (tertiary/aromatic N) is 3. The van der Waals surface area contributed by atoms with Gasteiger partial charge in [-0.05, 0) is 41.8 Å². The largest absolute Gasteiger partial charge is 0.497 e. The van der Waals surface area contributed by atoms with Crippen LogP contribution in [0.25, 0.3) is 10.8 Å². The molecule has 1 saturated heterocycles. The molecule has 0 spiro atoms. The molecule has 0 bridgehead atoms. The predicted molar refractivity (Wildman–Crippen MR) is 114 cm³/mol. The molecule has 7 nitrogen and oxygen atoms in total. The van der Waals surface area contributed by atoms with Crippen LogP contribution in [0.2, 0.25) is 0 Å². The van der Waals surface area contributed by atoms with Crippen molar-refractivity contribution in [1.82, 2.24) is 9.91 Å². The molecule has 0 radical (unpaired) electrons. The van der Waals surface area contributed by atoms with E-state index in [-0.39, 0.29) is 23.5 Å². The summed E-state index contributed by atoms with van der Waals surface area (Å²) < 4.78 is 5.26. The van der Waals surface area contributed by atoms with Gasteiger partial charge < -0.3 is 9.64 Å². The Hall–Kier alpha value is -3.22. The summed E-state index contributed by atoms with van der Waals surface area (Å²) in [4.78, 5) is 39.4. The SMILES string of the molecule is COc1ccc2cc(C(=O)[C@@H]3CCCN(C(=O)C4=NN(C)C(=O)CC4)C3)ccc2c1. The number of ether oxygens (including phenoxy) is 1. The number of Topliss-reactive ketones (excluding diaryl/α,β-unsaturated/α-hetero) is 1. The number of fused-ring (bicyclic) bond motifs is 1. The van der Waals surface area contributed by atoms with Gasteiger partial charge in [-0.2, -0.15) is 5.10 Å². The number of amides is 2. The lowest BCUT2D eigenvalue weighted by Crippen LogP contribution is -2.46. The van der Waals surface area contributed by atoms with Crippen LogP contribution in [-0.4, -0.2) is 60.5 Å². The Kier molecular flexibility index (Phi) is 5.53. The number of rotatable bonds is 4. The Morgan fingerprint density at radius 2 is 1.87 bits per heavy atom. The van der Waals surface area contributed by atoms with E-state index >= 15 is 0 Å². The average molecular weight is 407 g/mol. The maximum Gasteiger partial charge on any atom is 0.270 e. The summed E-state index contributed by atoms with van der Waals surface area (Å²) in [6.45, 7) is 0.992. The van der Waals surface area contributed by atoms with E-state index in [4.69, 9.17) is 4.74 Å². The zero-order valence-corrected chi connectivity index (χ0v) is 17.3. The van der Waals surface area contributed by atoms with Crippen molar-refractivity contribution < 1.29 is 19.1 Å². The number of hydrazone groups is 1. The van der Waals surface area contributed by atoms with Gasteiger partial charge in [-0.1, -0.05) is 18.2 Å². The van der Waals surface area contributed by atoms with Crippen molar-refractivity contribution in [1.29, 1.82) is 0 Å². The molecule has 1 fully saturated rings. The number of carbonyl (C=O) groups is 3. The van der Waals surface area contributed by atoms with E-state index in [9.17, 15) is 14.4 Å². The lowest BCUT2D eigenvalue weighted by atomic mass is 9.89. The van der Waals surface area contributed by atoms with Gasteiger partial charge in [0.2, 0.25) is 5.91 Å². The summed E-state index contributed by atoms with van der Waals surface area (Å²) in [7, 11) is 3.19. The van der Waals surface area contributed by atoms with Gasteiger partial charge in [0.05, 0.1) is 7.11 Å². The van der Waals surface area contributed by atoms with Crippen LogP contribution in [-0.2, 0) is 9.59 Å². The van der Waals surface area contributed by atoms with Crippen LogP contribution >= 0.6 is 0 Å². The monoisotopic (exact) mass is 407 g/mol. The van der Waals surface area contributed by atoms with Crippen molar-refractivity contribution in [2.75, 3.05) is 27.2 Å². The van der Waals surface area contributed by atoms with Gasteiger partial charge in [-0.3, -0.25) is 14.4 Å². The zero-order chi connectivity index (χ0) is 21.3. The van der Waals surface area contributed by atoms with Crippen molar-refractivity contribution in [3.8, 4) is 5.75 Å². The normalized spacial score (nSPS) is 19.6. The van der Waals surface area contributed by atoms with E-state index in [1.807, 2.05) is 36.4 Å². The Morgan fingerprint density at radius 3 is 2.63 bits per heavy atom. The topological polar surface area (TPSA) is 79.3 Å². The van der Waals surface area contributed by atoms with Crippen LogP contribution in [0.4, 0.5) is 0 Å². The first-order chi connectivity index (χ1) is 14.5. The van der Waals surface area contributed by atoms with Crippen LogP contribution in [0.1, 0.15) is 36.0 Å². The van der Waals surface area contributed by atoms with Gasteiger partial charge in [-0.25, -0.2) is 5.01 Å². The molecule has 2 heterocycles. The van der Waals surface area contributed by atoms with Crippen molar-refractivity contribution in [2.45, 2.75) is 25.7 Å². The highest BCUT2D eigenvalue weighted by atomic mass is 16.5. The fourth-order valence-corrected chi connectivity index (χ4v) is 4.12. The van der Waals surface area contributed by atoms with Gasteiger partial charge in [0.15, 0.2) is 5.78 Å². The molecule has 0 N–H and O–H groups in total. The lowest BCUT2D eigenvalue weighted by Gasteiger charge is -2.33. The second-order valence-corrected chi connectivity index (χ2v) is 7.85. The molecule has 156 valence electrons. The van der Waals surface area contributed by atoms with Gasteiger partial charge in [0.1, 0.15) is 11.5 Å². The molecule has 7 heteroatoms. The quantitative estimate of drug-likeness (QED) is 0.730. The number of carbonyl (C=O) groups excluding carboxylic acids is 3. The number of likely N-dealkylation sites (tertiary alicyclic amines) is 1. The molecule has 30 heavy (non-hydrogen) atoms. The highest BCUT2D eigenvalue weighted by molar-refractivity contribution is 6.39. The standard InChI is InChI=1S/C23H25N3O4/c1-25-21(27)10-9-20(24-25)23(29)26-11-3-4-18(14-26)22(28)17-6-5-16-13-19(30-2)8-7-15(16)12-17/h5-8,12-13,18H,3-4,9-11,14H2,1-2H3/t18-/m1/s1. The fraction of sp³-hybridized carbons (Fsp3) is 0.391. The molecule has 0 aromatic heterocycles. The first-order valence-electron chi connectivity index (χ1n) is 10.2. The minimum Gasteiger partial charge on any atom is -0.497 e. The van der Waals surface area contributed by atoms with E-state index in [0.717, 1.165) is 29.4 Å². The Morgan fingerprint density at radius 1 is 1.10 bits per heavy atom. The van der Waals surface area contributed by atoms with Crippen LogP contribution in [0, 0.1) is 5.92 Å². The molecule has 4 rings (SSSR count). The van der Waals surface area contributed by atoms with E-state index in [2.05, 4.69) is 5.10 Å². The van der Waals surface area contributed by atoms with Crippen LogP contribution in [0.3, 0.4) is 0 Å². The summed E-state index contributed by atoms with van der Waals surface area (Å²) in [5.74, 6) is 0.343. The van der Waals surface area contributed by atoms with E-state index < -0.39 is 0 Å². The maximum atomic E-state index is 13.2. The van der Waals surface area contributed by atoms with Gasteiger partial charge in [0.25, 0.3) is 5.91 Å². The zero-order valence-electron chi connectivity index (χ0n) is 17.3. The van der Waals surface area contributed by atoms with Gasteiger partial charge >= 0.3 is 0 Å². The number of piperidine rings is 1. The number of ketones is 1. The maximum absolute atomic E-state index is 13.2. The lowest BCUT2D eigenvalue weighted by molar-refractivity contribution is -0.130. The summed E-state index contributed by atoms with van der Waals surface area (Å²) in [6.07, 6.45) is 2.17. The third-order valence-corrected chi connectivity index (χ3v) is 5.87. The summed E-state index contributed by atoms with van der Waals surface area (Å²) >= 11 is 0. The van der Waals surface area contributed by atoms with Crippen molar-refractivity contribution in [3.63, 3.8) is 0 Å². The third-order valence-electron chi connectivity index (χ3n) is 5.87. The molecule has 0 saturated carbocycles. The van der Waals surface area contributed by atoms with E-state index in [1.165, 1.54) is 5.01 Å². The average Bonchev–Trinajstić information content (AvgIpc) is 2.79. The second kappa shape index (κ2) is 8.26. The molecule has 0 aliphatic carbocycles. The van der Waals surface area contributed by atoms with Crippen LogP contribution < -0.4 is 4.74 Å². The van der Waals surface area contributed by atoms with E-state index in [0.29, 0.717) is 37.2 Å². The van der Waals surface area contributed by atoms with E-state index in [1.54, 1.807) is 19.1 Å². The molecule has 2 aliphatic heterocycles. The highest BCUT2D eigenvalue weighted by Crippen LogP contribution is 2.26. The van der Waals surface area contributed by atoms with Gasteiger partial charge in [-0.15, -0.1) is 0 Å². The molecule has 2 aromatic carbocycles. The Bertz CT molecular complexity index is 1050. The second-order valence-electron chi connectivity index (χ2n) is 7.85. The highest BCUT2D eigenvalue weighted by Gasteiger charge is 2.32. The molecular weight excluding hydrogens is 382 g/mol. The molecular formula is C23H25N3O4. The summed E-state index contributed by atoms with van der Waals surface area (Å²) in [5.41, 5.74) is 1.05. The third kappa shape index (κ3) is 3.92. The minimum atomic E-state index is -0.234.